The molecule has 3 rings (SSSR count). The van der Waals surface area contributed by atoms with E-state index in [2.05, 4.69) is 4.90 Å². The van der Waals surface area contributed by atoms with Gasteiger partial charge in [-0.25, -0.2) is 0 Å². The topological polar surface area (TPSA) is 38.8 Å². The Bertz CT molecular complexity index is 402. The molecule has 5 heteroatoms. The van der Waals surface area contributed by atoms with E-state index in [0.29, 0.717) is 13.2 Å². The van der Waals surface area contributed by atoms with Crippen molar-refractivity contribution in [1.82, 2.24) is 0 Å². The first-order valence-corrected chi connectivity index (χ1v) is 6.76. The van der Waals surface area contributed by atoms with Crippen molar-refractivity contribution in [2.75, 3.05) is 31.2 Å². The molecule has 1 spiro atoms. The van der Waals surface area contributed by atoms with Crippen molar-refractivity contribution in [3.05, 3.63) is 16.3 Å². The van der Waals surface area contributed by atoms with E-state index in [1.807, 2.05) is 11.4 Å². The zero-order valence-corrected chi connectivity index (χ0v) is 10.4. The Kier molecular flexibility index (Phi) is 2.90. The predicted octanol–water partition coefficient (Wildman–Crippen LogP) is 1.90. The lowest BCUT2D eigenvalue weighted by Crippen LogP contribution is -2.45. The molecule has 0 N–H and O–H groups in total. The second kappa shape index (κ2) is 4.40. The Morgan fingerprint density at radius 1 is 1.29 bits per heavy atom. The van der Waals surface area contributed by atoms with Crippen LogP contribution in [0.5, 0.6) is 0 Å². The van der Waals surface area contributed by atoms with E-state index in [9.17, 15) is 4.79 Å². The van der Waals surface area contributed by atoms with Crippen molar-refractivity contribution in [2.45, 2.75) is 18.6 Å². The lowest BCUT2D eigenvalue weighted by atomic mass is 10.0. The summed E-state index contributed by atoms with van der Waals surface area (Å²) in [6.07, 6.45) is 2.69. The first-order valence-electron chi connectivity index (χ1n) is 5.88. The largest absolute Gasteiger partial charge is 0.370 e. The molecule has 2 saturated heterocycles. The minimum absolute atomic E-state index is 0.339. The summed E-state index contributed by atoms with van der Waals surface area (Å²) in [5.74, 6) is -0.339. The van der Waals surface area contributed by atoms with E-state index in [-0.39, 0.29) is 5.79 Å². The molecule has 2 aliphatic rings. The van der Waals surface area contributed by atoms with Gasteiger partial charge in [-0.05, 0) is 11.4 Å². The maximum atomic E-state index is 10.9. The molecule has 2 aliphatic heterocycles. The smallest absolute Gasteiger partial charge is 0.171 e. The molecular formula is C12H15NO3S. The van der Waals surface area contributed by atoms with Gasteiger partial charge in [0.2, 0.25) is 0 Å². The lowest BCUT2D eigenvalue weighted by molar-refractivity contribution is -0.169. The van der Waals surface area contributed by atoms with Crippen LogP contribution < -0.4 is 4.90 Å². The normalized spacial score (nSPS) is 23.2. The summed E-state index contributed by atoms with van der Waals surface area (Å²) < 4.78 is 11.4. The Hall–Kier alpha value is -0.910. The van der Waals surface area contributed by atoms with E-state index in [4.69, 9.17) is 9.47 Å². The zero-order valence-electron chi connectivity index (χ0n) is 9.55. The molecule has 0 aromatic carbocycles. The number of thiophene rings is 1. The van der Waals surface area contributed by atoms with Gasteiger partial charge in [-0.15, -0.1) is 11.3 Å². The fraction of sp³-hybridized carbons (Fsp3) is 0.583. The van der Waals surface area contributed by atoms with Crippen LogP contribution in [0.2, 0.25) is 0 Å². The zero-order chi connectivity index (χ0) is 11.7. The molecule has 0 atom stereocenters. The van der Waals surface area contributed by atoms with Crippen molar-refractivity contribution in [3.8, 4) is 0 Å². The van der Waals surface area contributed by atoms with E-state index in [1.54, 1.807) is 0 Å². The van der Waals surface area contributed by atoms with Crippen molar-refractivity contribution in [3.63, 3.8) is 0 Å². The van der Waals surface area contributed by atoms with Gasteiger partial charge in [-0.2, -0.15) is 0 Å². The molecule has 0 aliphatic carbocycles. The monoisotopic (exact) mass is 253 g/mol. The minimum atomic E-state index is -0.339. The van der Waals surface area contributed by atoms with Gasteiger partial charge >= 0.3 is 0 Å². The molecule has 92 valence electrons. The second-order valence-corrected chi connectivity index (χ2v) is 5.33. The average Bonchev–Trinajstić information content (AvgIpc) is 3.00. The van der Waals surface area contributed by atoms with Crippen LogP contribution in [0, 0.1) is 0 Å². The van der Waals surface area contributed by atoms with Crippen molar-refractivity contribution in [1.29, 1.82) is 0 Å². The SMILES string of the molecule is O=Cc1sccc1N1CCC2(CC1)OCCO2. The Morgan fingerprint density at radius 3 is 2.65 bits per heavy atom. The number of anilines is 1. The minimum Gasteiger partial charge on any atom is -0.370 e. The number of aldehydes is 1. The Labute approximate surface area is 104 Å². The summed E-state index contributed by atoms with van der Waals surface area (Å²) in [7, 11) is 0. The number of carbonyl (C=O) groups is 1. The number of nitrogens with zero attached hydrogens (tertiary/aromatic N) is 1. The molecule has 4 nitrogen and oxygen atoms in total. The van der Waals surface area contributed by atoms with Crippen molar-refractivity contribution in [2.24, 2.45) is 0 Å². The molecule has 17 heavy (non-hydrogen) atoms. The Balaban J connectivity index is 1.70. The first kappa shape index (κ1) is 11.2. The Morgan fingerprint density at radius 2 is 2.00 bits per heavy atom. The van der Waals surface area contributed by atoms with Crippen LogP contribution in [-0.4, -0.2) is 38.4 Å². The van der Waals surface area contributed by atoms with Gasteiger partial charge in [0.1, 0.15) is 0 Å². The number of hydrogen-bond acceptors (Lipinski definition) is 5. The molecule has 3 heterocycles. The van der Waals surface area contributed by atoms with Crippen LogP contribution in [-0.2, 0) is 9.47 Å². The molecule has 0 saturated carbocycles. The average molecular weight is 253 g/mol. The highest BCUT2D eigenvalue weighted by atomic mass is 32.1. The summed E-state index contributed by atoms with van der Waals surface area (Å²) in [5.41, 5.74) is 1.05. The highest BCUT2D eigenvalue weighted by molar-refractivity contribution is 7.12. The molecular weight excluding hydrogens is 238 g/mol. The third-order valence-corrected chi connectivity index (χ3v) is 4.29. The second-order valence-electron chi connectivity index (χ2n) is 4.38. The first-order chi connectivity index (χ1) is 8.33. The lowest BCUT2D eigenvalue weighted by Gasteiger charge is -2.38. The molecule has 1 aromatic heterocycles. The number of carbonyl (C=O) groups excluding carboxylic acids is 1. The van der Waals surface area contributed by atoms with E-state index in [1.165, 1.54) is 11.3 Å². The summed E-state index contributed by atoms with van der Waals surface area (Å²) in [5, 5.41) is 1.96. The third kappa shape index (κ3) is 1.99. The number of ether oxygens (including phenoxy) is 2. The molecule has 0 amide bonds. The van der Waals surface area contributed by atoms with Crippen LogP contribution in [0.3, 0.4) is 0 Å². The maximum absolute atomic E-state index is 10.9. The van der Waals surface area contributed by atoms with Crippen molar-refractivity contribution >= 4 is 23.3 Å². The summed E-state index contributed by atoms with van der Waals surface area (Å²) in [6.45, 7) is 3.19. The fourth-order valence-electron chi connectivity index (χ4n) is 2.54. The quantitative estimate of drug-likeness (QED) is 0.755. The van der Waals surface area contributed by atoms with Gasteiger partial charge in [0.05, 0.1) is 23.8 Å². The highest BCUT2D eigenvalue weighted by Gasteiger charge is 2.40. The fourth-order valence-corrected chi connectivity index (χ4v) is 3.25. The third-order valence-electron chi connectivity index (χ3n) is 3.46. The van der Waals surface area contributed by atoms with Crippen LogP contribution in [0.4, 0.5) is 5.69 Å². The van der Waals surface area contributed by atoms with E-state index < -0.39 is 0 Å². The number of piperidine rings is 1. The summed E-state index contributed by atoms with van der Waals surface area (Å²) in [6, 6.07) is 2.02. The van der Waals surface area contributed by atoms with Gasteiger partial charge in [0.15, 0.2) is 12.1 Å². The van der Waals surface area contributed by atoms with E-state index in [0.717, 1.165) is 42.8 Å². The van der Waals surface area contributed by atoms with Crippen LogP contribution in [0.15, 0.2) is 11.4 Å². The molecule has 1 aromatic rings. The standard InChI is InChI=1S/C12H15NO3S/c14-9-11-10(1-8-17-11)13-4-2-12(3-5-13)15-6-7-16-12/h1,8-9H,2-7H2. The van der Waals surface area contributed by atoms with E-state index >= 15 is 0 Å². The molecule has 0 radical (unpaired) electrons. The van der Waals surface area contributed by atoms with Crippen molar-refractivity contribution < 1.29 is 14.3 Å². The highest BCUT2D eigenvalue weighted by Crippen LogP contribution is 2.35. The van der Waals surface area contributed by atoms with Crippen LogP contribution >= 0.6 is 11.3 Å². The molecule has 2 fully saturated rings. The van der Waals surface area contributed by atoms with Gasteiger partial charge in [-0.3, -0.25) is 4.79 Å². The van der Waals surface area contributed by atoms with Gasteiger partial charge in [0.25, 0.3) is 0 Å². The summed E-state index contributed by atoms with van der Waals surface area (Å²) >= 11 is 1.49. The van der Waals surface area contributed by atoms with Gasteiger partial charge < -0.3 is 14.4 Å². The maximum Gasteiger partial charge on any atom is 0.171 e. The number of rotatable bonds is 2. The molecule has 0 bridgehead atoms. The van der Waals surface area contributed by atoms with Gasteiger partial charge in [-0.1, -0.05) is 0 Å². The van der Waals surface area contributed by atoms with Gasteiger partial charge in [0, 0.05) is 25.9 Å². The predicted molar refractivity (Wildman–Crippen MR) is 65.8 cm³/mol. The summed E-state index contributed by atoms with van der Waals surface area (Å²) in [4.78, 5) is 14.0. The number of hydrogen-bond donors (Lipinski definition) is 0. The van der Waals surface area contributed by atoms with Crippen LogP contribution in [0.25, 0.3) is 0 Å². The molecule has 0 unspecified atom stereocenters. The van der Waals surface area contributed by atoms with Crippen LogP contribution in [0.1, 0.15) is 22.5 Å².